The Balaban J connectivity index is 2.25. The van der Waals surface area contributed by atoms with Crippen molar-refractivity contribution in [3.05, 3.63) is 0 Å². The van der Waals surface area contributed by atoms with E-state index in [0.29, 0.717) is 25.9 Å². The molecule has 0 spiro atoms. The summed E-state index contributed by atoms with van der Waals surface area (Å²) in [6.45, 7) is 0.779. The van der Waals surface area contributed by atoms with E-state index in [-0.39, 0.29) is 11.8 Å². The standard InChI is InChI=1S/C8H12O4/c9-5-12-4-6-1-2-7(3-6)8(10)11/h5-7H,1-4H2,(H,10,11)/t6-,7+/m1/s1. The number of hydrogen-bond donors (Lipinski definition) is 1. The van der Waals surface area contributed by atoms with E-state index in [4.69, 9.17) is 5.11 Å². The van der Waals surface area contributed by atoms with E-state index in [0.717, 1.165) is 6.42 Å². The van der Waals surface area contributed by atoms with Crippen molar-refractivity contribution in [1.29, 1.82) is 0 Å². The third-order valence-electron chi connectivity index (χ3n) is 2.29. The lowest BCUT2D eigenvalue weighted by Crippen LogP contribution is -2.11. The van der Waals surface area contributed by atoms with Crippen LogP contribution in [-0.2, 0) is 14.3 Å². The maximum Gasteiger partial charge on any atom is 0.306 e. The van der Waals surface area contributed by atoms with Gasteiger partial charge in [-0.15, -0.1) is 0 Å². The molecule has 0 aromatic rings. The van der Waals surface area contributed by atoms with Gasteiger partial charge in [-0.3, -0.25) is 9.59 Å². The molecule has 0 radical (unpaired) electrons. The average molecular weight is 172 g/mol. The molecule has 0 aromatic carbocycles. The van der Waals surface area contributed by atoms with Gasteiger partial charge in [-0.25, -0.2) is 0 Å². The van der Waals surface area contributed by atoms with Crippen LogP contribution in [0.3, 0.4) is 0 Å². The van der Waals surface area contributed by atoms with E-state index in [9.17, 15) is 9.59 Å². The first-order chi connectivity index (χ1) is 5.74. The quantitative estimate of drug-likeness (QED) is 0.633. The lowest BCUT2D eigenvalue weighted by Gasteiger charge is -2.06. The zero-order valence-corrected chi connectivity index (χ0v) is 6.73. The molecule has 0 saturated heterocycles. The fourth-order valence-corrected chi connectivity index (χ4v) is 1.63. The van der Waals surface area contributed by atoms with Crippen molar-refractivity contribution in [2.24, 2.45) is 11.8 Å². The van der Waals surface area contributed by atoms with Crippen molar-refractivity contribution in [3.8, 4) is 0 Å². The van der Waals surface area contributed by atoms with Crippen LogP contribution in [0.5, 0.6) is 0 Å². The van der Waals surface area contributed by atoms with Crippen molar-refractivity contribution >= 4 is 12.4 Å². The van der Waals surface area contributed by atoms with Gasteiger partial charge in [-0.05, 0) is 25.2 Å². The van der Waals surface area contributed by atoms with Crippen LogP contribution >= 0.6 is 0 Å². The van der Waals surface area contributed by atoms with Crippen molar-refractivity contribution in [3.63, 3.8) is 0 Å². The first kappa shape index (κ1) is 9.03. The van der Waals surface area contributed by atoms with Gasteiger partial charge in [0.15, 0.2) is 0 Å². The second-order valence-corrected chi connectivity index (χ2v) is 3.14. The largest absolute Gasteiger partial charge is 0.481 e. The first-order valence-corrected chi connectivity index (χ1v) is 4.02. The molecule has 68 valence electrons. The Hall–Kier alpha value is -1.06. The summed E-state index contributed by atoms with van der Waals surface area (Å²) < 4.78 is 4.57. The SMILES string of the molecule is O=COC[C@@H]1CC[C@H](C(=O)O)C1. The summed E-state index contributed by atoms with van der Waals surface area (Å²) in [4.78, 5) is 20.3. The van der Waals surface area contributed by atoms with E-state index in [1.807, 2.05) is 0 Å². The lowest BCUT2D eigenvalue weighted by atomic mass is 10.1. The normalized spacial score (nSPS) is 28.3. The minimum absolute atomic E-state index is 0.231. The zero-order chi connectivity index (χ0) is 8.97. The van der Waals surface area contributed by atoms with E-state index < -0.39 is 5.97 Å². The van der Waals surface area contributed by atoms with Crippen LogP contribution in [-0.4, -0.2) is 24.2 Å². The molecule has 0 amide bonds. The lowest BCUT2D eigenvalue weighted by molar-refractivity contribution is -0.141. The smallest absolute Gasteiger partial charge is 0.306 e. The Labute approximate surface area is 70.5 Å². The van der Waals surface area contributed by atoms with Gasteiger partial charge in [-0.1, -0.05) is 0 Å². The minimum Gasteiger partial charge on any atom is -0.481 e. The average Bonchev–Trinajstić information content (AvgIpc) is 2.48. The fourth-order valence-electron chi connectivity index (χ4n) is 1.63. The number of carboxylic acids is 1. The van der Waals surface area contributed by atoms with Crippen molar-refractivity contribution in [2.75, 3.05) is 6.61 Å². The van der Waals surface area contributed by atoms with E-state index in [1.165, 1.54) is 0 Å². The third kappa shape index (κ3) is 2.22. The second-order valence-electron chi connectivity index (χ2n) is 3.14. The van der Waals surface area contributed by atoms with Crippen LogP contribution < -0.4 is 0 Å². The van der Waals surface area contributed by atoms with Gasteiger partial charge < -0.3 is 9.84 Å². The van der Waals surface area contributed by atoms with Gasteiger partial charge in [0.1, 0.15) is 0 Å². The molecule has 1 saturated carbocycles. The Morgan fingerprint density at radius 1 is 1.58 bits per heavy atom. The molecule has 4 heteroatoms. The van der Waals surface area contributed by atoms with E-state index in [2.05, 4.69) is 4.74 Å². The predicted octanol–water partition coefficient (Wildman–Crippen LogP) is 0.660. The highest BCUT2D eigenvalue weighted by atomic mass is 16.5. The summed E-state index contributed by atoms with van der Waals surface area (Å²) in [5, 5.41) is 8.65. The number of rotatable bonds is 4. The summed E-state index contributed by atoms with van der Waals surface area (Å²) >= 11 is 0. The molecule has 1 fully saturated rings. The van der Waals surface area contributed by atoms with Crippen molar-refractivity contribution in [1.82, 2.24) is 0 Å². The minimum atomic E-state index is -0.733. The molecule has 0 unspecified atom stereocenters. The number of carbonyl (C=O) groups excluding carboxylic acids is 1. The Morgan fingerprint density at radius 3 is 2.83 bits per heavy atom. The molecule has 1 aliphatic rings. The number of aliphatic carboxylic acids is 1. The highest BCUT2D eigenvalue weighted by molar-refractivity contribution is 5.70. The molecule has 0 aliphatic heterocycles. The summed E-state index contributed by atoms with van der Waals surface area (Å²) in [6, 6.07) is 0. The van der Waals surface area contributed by atoms with Gasteiger partial charge in [0.05, 0.1) is 12.5 Å². The highest BCUT2D eigenvalue weighted by Crippen LogP contribution is 2.30. The fraction of sp³-hybridized carbons (Fsp3) is 0.750. The van der Waals surface area contributed by atoms with E-state index >= 15 is 0 Å². The number of carboxylic acid groups (broad SMARTS) is 1. The number of hydrogen-bond acceptors (Lipinski definition) is 3. The molecule has 0 bridgehead atoms. The molecular formula is C8H12O4. The van der Waals surface area contributed by atoms with Crippen molar-refractivity contribution < 1.29 is 19.4 Å². The van der Waals surface area contributed by atoms with Crippen LogP contribution in [0, 0.1) is 11.8 Å². The van der Waals surface area contributed by atoms with Crippen LogP contribution in [0.15, 0.2) is 0 Å². The number of ether oxygens (including phenoxy) is 1. The zero-order valence-electron chi connectivity index (χ0n) is 6.73. The second kappa shape index (κ2) is 4.09. The molecule has 0 heterocycles. The van der Waals surface area contributed by atoms with Gasteiger partial charge >= 0.3 is 5.97 Å². The predicted molar refractivity (Wildman–Crippen MR) is 40.5 cm³/mol. The van der Waals surface area contributed by atoms with Crippen LogP contribution in [0.2, 0.25) is 0 Å². The third-order valence-corrected chi connectivity index (χ3v) is 2.29. The van der Waals surface area contributed by atoms with Crippen LogP contribution in [0.25, 0.3) is 0 Å². The van der Waals surface area contributed by atoms with Gasteiger partial charge in [-0.2, -0.15) is 0 Å². The maximum atomic E-state index is 10.5. The Morgan fingerprint density at radius 2 is 2.33 bits per heavy atom. The van der Waals surface area contributed by atoms with E-state index in [1.54, 1.807) is 0 Å². The molecule has 4 nitrogen and oxygen atoms in total. The monoisotopic (exact) mass is 172 g/mol. The van der Waals surface area contributed by atoms with Crippen LogP contribution in [0.4, 0.5) is 0 Å². The van der Waals surface area contributed by atoms with Crippen molar-refractivity contribution in [2.45, 2.75) is 19.3 Å². The maximum absolute atomic E-state index is 10.5. The molecule has 1 aliphatic carbocycles. The Bertz CT molecular complexity index is 178. The Kier molecular flexibility index (Phi) is 3.08. The number of carbonyl (C=O) groups is 2. The molecule has 12 heavy (non-hydrogen) atoms. The molecule has 0 aromatic heterocycles. The van der Waals surface area contributed by atoms with Gasteiger partial charge in [0, 0.05) is 0 Å². The summed E-state index contributed by atoms with van der Waals surface area (Å²) in [6.07, 6.45) is 2.20. The molecule has 2 atom stereocenters. The molecule has 1 rings (SSSR count). The summed E-state index contributed by atoms with van der Waals surface area (Å²) in [5.41, 5.74) is 0. The molecule has 1 N–H and O–H groups in total. The topological polar surface area (TPSA) is 63.6 Å². The van der Waals surface area contributed by atoms with Gasteiger partial charge in [0.25, 0.3) is 6.47 Å². The summed E-state index contributed by atoms with van der Waals surface area (Å²) in [5.74, 6) is -0.717. The summed E-state index contributed by atoms with van der Waals surface area (Å²) in [7, 11) is 0. The van der Waals surface area contributed by atoms with Crippen LogP contribution in [0.1, 0.15) is 19.3 Å². The van der Waals surface area contributed by atoms with Gasteiger partial charge in [0.2, 0.25) is 0 Å². The molecular weight excluding hydrogens is 160 g/mol. The first-order valence-electron chi connectivity index (χ1n) is 4.02. The highest BCUT2D eigenvalue weighted by Gasteiger charge is 2.29.